The molecule has 0 saturated carbocycles. The van der Waals surface area contributed by atoms with Crippen molar-refractivity contribution in [1.29, 1.82) is 0 Å². The Morgan fingerprint density at radius 1 is 1.17 bits per heavy atom. The van der Waals surface area contributed by atoms with Gasteiger partial charge in [0.15, 0.2) is 5.82 Å². The summed E-state index contributed by atoms with van der Waals surface area (Å²) in [5, 5.41) is 7.05. The fourth-order valence-corrected chi connectivity index (χ4v) is 2.64. The summed E-state index contributed by atoms with van der Waals surface area (Å²) in [5.74, 6) is -0.0769. The van der Waals surface area contributed by atoms with Crippen LogP contribution in [0.5, 0.6) is 0 Å². The van der Waals surface area contributed by atoms with E-state index in [1.165, 1.54) is 6.07 Å². The van der Waals surface area contributed by atoms with Gasteiger partial charge in [-0.3, -0.25) is 14.5 Å². The molecule has 122 valence electrons. The third-order valence-electron chi connectivity index (χ3n) is 3.35. The van der Waals surface area contributed by atoms with E-state index in [0.717, 1.165) is 11.1 Å². The first kappa shape index (κ1) is 16.3. The molecule has 7 heteroatoms. The Morgan fingerprint density at radius 2 is 1.96 bits per heavy atom. The number of rotatable bonds is 5. The van der Waals surface area contributed by atoms with Crippen LogP contribution in [0.1, 0.15) is 11.1 Å². The number of benzene rings is 1. The van der Waals surface area contributed by atoms with Crippen molar-refractivity contribution in [1.82, 2.24) is 14.8 Å². The van der Waals surface area contributed by atoms with Crippen molar-refractivity contribution in [3.8, 4) is 0 Å². The lowest BCUT2D eigenvalue weighted by molar-refractivity contribution is -0.115. The number of halogens is 2. The van der Waals surface area contributed by atoms with E-state index in [2.05, 4.69) is 31.3 Å². The predicted molar refractivity (Wildman–Crippen MR) is 92.0 cm³/mol. The first-order valence-corrected chi connectivity index (χ1v) is 8.05. The minimum atomic E-state index is -0.353. The molecule has 0 radical (unpaired) electrons. The van der Waals surface area contributed by atoms with Crippen molar-refractivity contribution in [2.45, 2.75) is 13.0 Å². The van der Waals surface area contributed by atoms with Crippen molar-refractivity contribution in [3.05, 3.63) is 76.4 Å². The second-order valence-electron chi connectivity index (χ2n) is 5.23. The maximum absolute atomic E-state index is 13.2. The van der Waals surface area contributed by atoms with Gasteiger partial charge in [0, 0.05) is 24.7 Å². The maximum Gasteiger partial charge on any atom is 0.229 e. The Bertz CT molecular complexity index is 851. The third-order valence-corrected chi connectivity index (χ3v) is 3.96. The number of hydrogen-bond donors (Lipinski definition) is 1. The minimum Gasteiger partial charge on any atom is -0.309 e. The van der Waals surface area contributed by atoms with Gasteiger partial charge in [0.1, 0.15) is 5.82 Å². The zero-order chi connectivity index (χ0) is 16.9. The van der Waals surface area contributed by atoms with Gasteiger partial charge in [-0.05, 0) is 51.3 Å². The van der Waals surface area contributed by atoms with E-state index in [1.807, 2.05) is 12.1 Å². The molecular formula is C17H14BrFN4O. The molecule has 2 aromatic heterocycles. The van der Waals surface area contributed by atoms with Crippen molar-refractivity contribution in [2.75, 3.05) is 5.32 Å². The highest BCUT2D eigenvalue weighted by Gasteiger charge is 2.08. The van der Waals surface area contributed by atoms with Crippen molar-refractivity contribution in [3.63, 3.8) is 0 Å². The Morgan fingerprint density at radius 3 is 2.71 bits per heavy atom. The number of amides is 1. The molecular weight excluding hydrogens is 375 g/mol. The zero-order valence-electron chi connectivity index (χ0n) is 12.6. The molecule has 24 heavy (non-hydrogen) atoms. The van der Waals surface area contributed by atoms with E-state index in [1.54, 1.807) is 41.5 Å². The fraction of sp³-hybridized carbons (Fsp3) is 0.118. The van der Waals surface area contributed by atoms with Gasteiger partial charge >= 0.3 is 0 Å². The first-order chi connectivity index (χ1) is 11.6. The molecule has 0 saturated heterocycles. The molecule has 0 unspecified atom stereocenters. The molecule has 0 spiro atoms. The summed E-state index contributed by atoms with van der Waals surface area (Å²) in [4.78, 5) is 16.0. The molecule has 1 amide bonds. The predicted octanol–water partition coefficient (Wildman–Crippen LogP) is 3.41. The van der Waals surface area contributed by atoms with Crippen LogP contribution in [0.25, 0.3) is 0 Å². The molecule has 1 N–H and O–H groups in total. The van der Waals surface area contributed by atoms with E-state index in [9.17, 15) is 9.18 Å². The molecule has 1 aromatic carbocycles. The lowest BCUT2D eigenvalue weighted by Gasteiger charge is -2.04. The number of anilines is 1. The SMILES string of the molecule is O=C(Cc1ccc(F)c(Br)c1)Nc1ccn(Cc2ccncc2)n1. The molecule has 3 aromatic rings. The van der Waals surface area contributed by atoms with Gasteiger partial charge in [-0.25, -0.2) is 4.39 Å². The van der Waals surface area contributed by atoms with E-state index in [4.69, 9.17) is 0 Å². The van der Waals surface area contributed by atoms with Crippen molar-refractivity contribution in [2.24, 2.45) is 0 Å². The number of carbonyl (C=O) groups excluding carboxylic acids is 1. The topological polar surface area (TPSA) is 59.8 Å². The molecule has 0 aliphatic rings. The second-order valence-corrected chi connectivity index (χ2v) is 6.08. The summed E-state index contributed by atoms with van der Waals surface area (Å²) in [6, 6.07) is 10.1. The van der Waals surface area contributed by atoms with Gasteiger partial charge in [-0.1, -0.05) is 6.07 Å². The number of pyridine rings is 1. The molecule has 2 heterocycles. The molecule has 0 atom stereocenters. The second kappa shape index (κ2) is 7.35. The van der Waals surface area contributed by atoms with Crippen LogP contribution in [0, 0.1) is 5.82 Å². The van der Waals surface area contributed by atoms with Crippen LogP contribution in [-0.4, -0.2) is 20.7 Å². The molecule has 0 bridgehead atoms. The normalized spacial score (nSPS) is 10.6. The Labute approximate surface area is 146 Å². The lowest BCUT2D eigenvalue weighted by Crippen LogP contribution is -2.15. The molecule has 0 fully saturated rings. The number of carbonyl (C=O) groups is 1. The number of hydrogen-bond acceptors (Lipinski definition) is 3. The largest absolute Gasteiger partial charge is 0.309 e. The lowest BCUT2D eigenvalue weighted by atomic mass is 10.1. The van der Waals surface area contributed by atoms with Gasteiger partial charge in [0.05, 0.1) is 17.4 Å². The van der Waals surface area contributed by atoms with Crippen molar-refractivity contribution < 1.29 is 9.18 Å². The van der Waals surface area contributed by atoms with Gasteiger partial charge in [0.2, 0.25) is 5.91 Å². The highest BCUT2D eigenvalue weighted by atomic mass is 79.9. The Hall–Kier alpha value is -2.54. The van der Waals surface area contributed by atoms with E-state index < -0.39 is 0 Å². The van der Waals surface area contributed by atoms with Crippen LogP contribution >= 0.6 is 15.9 Å². The van der Waals surface area contributed by atoms with Crippen molar-refractivity contribution >= 4 is 27.7 Å². The average molecular weight is 389 g/mol. The highest BCUT2D eigenvalue weighted by Crippen LogP contribution is 2.17. The summed E-state index contributed by atoms with van der Waals surface area (Å²) in [7, 11) is 0. The number of nitrogens with one attached hydrogen (secondary N) is 1. The summed E-state index contributed by atoms with van der Waals surface area (Å²) < 4.78 is 15.3. The quantitative estimate of drug-likeness (QED) is 0.728. The average Bonchev–Trinajstić information content (AvgIpc) is 2.99. The summed E-state index contributed by atoms with van der Waals surface area (Å²) in [6.45, 7) is 0.600. The standard InChI is InChI=1S/C17H14BrFN4O/c18-14-9-13(1-2-15(14)19)10-17(24)21-16-5-8-23(22-16)11-12-3-6-20-7-4-12/h1-9H,10-11H2,(H,21,22,24). The van der Waals surface area contributed by atoms with Gasteiger partial charge in [0.25, 0.3) is 0 Å². The van der Waals surface area contributed by atoms with Gasteiger partial charge in [-0.15, -0.1) is 0 Å². The summed E-state index contributed by atoms with van der Waals surface area (Å²) in [5.41, 5.74) is 1.79. The van der Waals surface area contributed by atoms with Crippen LogP contribution in [0.3, 0.4) is 0 Å². The van der Waals surface area contributed by atoms with E-state index in [-0.39, 0.29) is 18.1 Å². The van der Waals surface area contributed by atoms with Crippen LogP contribution < -0.4 is 5.32 Å². The highest BCUT2D eigenvalue weighted by molar-refractivity contribution is 9.10. The Kier molecular flexibility index (Phi) is 5.00. The van der Waals surface area contributed by atoms with Gasteiger partial charge < -0.3 is 5.32 Å². The summed E-state index contributed by atoms with van der Waals surface area (Å²) >= 11 is 3.11. The Balaban J connectivity index is 1.59. The number of nitrogens with zero attached hydrogens (tertiary/aromatic N) is 3. The molecule has 5 nitrogen and oxygen atoms in total. The molecule has 3 rings (SSSR count). The molecule has 0 aliphatic heterocycles. The number of aromatic nitrogens is 3. The fourth-order valence-electron chi connectivity index (χ4n) is 2.21. The smallest absolute Gasteiger partial charge is 0.229 e. The monoisotopic (exact) mass is 388 g/mol. The van der Waals surface area contributed by atoms with E-state index in [0.29, 0.717) is 16.8 Å². The van der Waals surface area contributed by atoms with Gasteiger partial charge in [-0.2, -0.15) is 5.10 Å². The zero-order valence-corrected chi connectivity index (χ0v) is 14.2. The summed E-state index contributed by atoms with van der Waals surface area (Å²) in [6.07, 6.45) is 5.39. The van der Waals surface area contributed by atoms with Crippen LogP contribution in [0.2, 0.25) is 0 Å². The minimum absolute atomic E-state index is 0.149. The van der Waals surface area contributed by atoms with E-state index >= 15 is 0 Å². The third kappa shape index (κ3) is 4.26. The first-order valence-electron chi connectivity index (χ1n) is 7.26. The van der Waals surface area contributed by atoms with Crippen LogP contribution in [0.4, 0.5) is 10.2 Å². The van der Waals surface area contributed by atoms with Crippen LogP contribution in [0.15, 0.2) is 59.5 Å². The van der Waals surface area contributed by atoms with Crippen LogP contribution in [-0.2, 0) is 17.8 Å². The molecule has 0 aliphatic carbocycles. The maximum atomic E-state index is 13.2.